The van der Waals surface area contributed by atoms with E-state index in [9.17, 15) is 9.59 Å². The third-order valence-electron chi connectivity index (χ3n) is 5.80. The van der Waals surface area contributed by atoms with Gasteiger partial charge in [0, 0.05) is 42.7 Å². The highest BCUT2D eigenvalue weighted by Crippen LogP contribution is 2.24. The molecule has 0 spiro atoms. The number of amides is 2. The quantitative estimate of drug-likeness (QED) is 0.697. The number of aryl methyl sites for hydroxylation is 1. The molecule has 0 radical (unpaired) electrons. The van der Waals surface area contributed by atoms with Gasteiger partial charge in [-0.1, -0.05) is 12.1 Å². The van der Waals surface area contributed by atoms with Gasteiger partial charge in [0.25, 0.3) is 5.91 Å². The first-order valence-electron chi connectivity index (χ1n) is 10.1. The van der Waals surface area contributed by atoms with Crippen LogP contribution in [0.25, 0.3) is 11.3 Å². The van der Waals surface area contributed by atoms with Gasteiger partial charge in [0.05, 0.1) is 5.69 Å². The van der Waals surface area contributed by atoms with Crippen LogP contribution in [0.2, 0.25) is 0 Å². The molecule has 7 heteroatoms. The van der Waals surface area contributed by atoms with Gasteiger partial charge in [0.15, 0.2) is 0 Å². The van der Waals surface area contributed by atoms with E-state index in [0.717, 1.165) is 22.4 Å². The van der Waals surface area contributed by atoms with Gasteiger partial charge in [-0.3, -0.25) is 19.7 Å². The maximum absolute atomic E-state index is 12.8. The molecule has 3 heterocycles. The fourth-order valence-corrected chi connectivity index (χ4v) is 3.74. The first-order valence-corrected chi connectivity index (χ1v) is 10.1. The largest absolute Gasteiger partial charge is 0.337 e. The average Bonchev–Trinajstić information content (AvgIpc) is 3.27. The highest BCUT2D eigenvalue weighted by atomic mass is 16.2. The number of rotatable bonds is 4. The highest BCUT2D eigenvalue weighted by Gasteiger charge is 2.29. The first kappa shape index (κ1) is 19.8. The number of hydrogen-bond acceptors (Lipinski definition) is 4. The molecule has 2 N–H and O–H groups in total. The molecule has 30 heavy (non-hydrogen) atoms. The molecular weight excluding hydrogens is 378 g/mol. The summed E-state index contributed by atoms with van der Waals surface area (Å²) in [5.41, 5.74) is 5.17. The lowest BCUT2D eigenvalue weighted by Gasteiger charge is -2.31. The topological polar surface area (TPSA) is 91.0 Å². The van der Waals surface area contributed by atoms with Crippen LogP contribution in [0.5, 0.6) is 0 Å². The summed E-state index contributed by atoms with van der Waals surface area (Å²) in [6.07, 6.45) is 4.68. The van der Waals surface area contributed by atoms with Crippen LogP contribution in [0.15, 0.2) is 48.8 Å². The van der Waals surface area contributed by atoms with E-state index in [1.165, 1.54) is 0 Å². The minimum absolute atomic E-state index is 0.0253. The summed E-state index contributed by atoms with van der Waals surface area (Å²) in [7, 11) is 0. The summed E-state index contributed by atoms with van der Waals surface area (Å²) >= 11 is 0. The van der Waals surface area contributed by atoms with Crippen molar-refractivity contribution in [2.45, 2.75) is 26.7 Å². The van der Waals surface area contributed by atoms with Gasteiger partial charge < -0.3 is 10.2 Å². The Kier molecular flexibility index (Phi) is 5.61. The second kappa shape index (κ2) is 8.49. The molecule has 154 valence electrons. The number of aromatic amines is 1. The SMILES string of the molecule is Cc1cccc(NC(=O)C2CCN(C(=O)c3cc(-c4ccncc4)n[nH]3)CC2)c1C. The lowest BCUT2D eigenvalue weighted by atomic mass is 9.95. The molecule has 1 saturated heterocycles. The molecule has 2 aromatic heterocycles. The van der Waals surface area contributed by atoms with E-state index in [1.54, 1.807) is 23.4 Å². The normalized spacial score (nSPS) is 14.5. The summed E-state index contributed by atoms with van der Waals surface area (Å²) in [5.74, 6) is -0.156. The molecule has 1 aliphatic rings. The number of benzene rings is 1. The van der Waals surface area contributed by atoms with Gasteiger partial charge in [0.1, 0.15) is 5.69 Å². The predicted octanol–water partition coefficient (Wildman–Crippen LogP) is 3.58. The van der Waals surface area contributed by atoms with Crippen molar-refractivity contribution in [3.8, 4) is 11.3 Å². The Labute approximate surface area is 175 Å². The van der Waals surface area contributed by atoms with Gasteiger partial charge in [-0.2, -0.15) is 5.10 Å². The number of nitrogens with zero attached hydrogens (tertiary/aromatic N) is 3. The maximum Gasteiger partial charge on any atom is 0.271 e. The number of carbonyl (C=O) groups is 2. The van der Waals surface area contributed by atoms with Crippen LogP contribution >= 0.6 is 0 Å². The summed E-state index contributed by atoms with van der Waals surface area (Å²) in [5, 5.41) is 10.1. The van der Waals surface area contributed by atoms with E-state index >= 15 is 0 Å². The van der Waals surface area contributed by atoms with Crippen LogP contribution in [0.3, 0.4) is 0 Å². The van der Waals surface area contributed by atoms with Crippen molar-refractivity contribution in [1.29, 1.82) is 0 Å². The third-order valence-corrected chi connectivity index (χ3v) is 5.80. The van der Waals surface area contributed by atoms with E-state index in [4.69, 9.17) is 0 Å². The molecule has 0 saturated carbocycles. The van der Waals surface area contributed by atoms with Crippen LogP contribution in [-0.2, 0) is 4.79 Å². The highest BCUT2D eigenvalue weighted by molar-refractivity contribution is 5.95. The van der Waals surface area contributed by atoms with Crippen LogP contribution in [0, 0.1) is 19.8 Å². The monoisotopic (exact) mass is 403 g/mol. The Morgan fingerprint density at radius 2 is 1.83 bits per heavy atom. The minimum Gasteiger partial charge on any atom is -0.337 e. The van der Waals surface area contributed by atoms with Gasteiger partial charge in [-0.25, -0.2) is 0 Å². The second-order valence-electron chi connectivity index (χ2n) is 7.71. The van der Waals surface area contributed by atoms with Gasteiger partial charge in [-0.05, 0) is 62.1 Å². The molecule has 2 amide bonds. The van der Waals surface area contributed by atoms with E-state index in [2.05, 4.69) is 20.5 Å². The molecular formula is C23H25N5O2. The maximum atomic E-state index is 12.8. The zero-order valence-electron chi connectivity index (χ0n) is 17.2. The lowest BCUT2D eigenvalue weighted by molar-refractivity contribution is -0.121. The van der Waals surface area contributed by atoms with E-state index in [-0.39, 0.29) is 17.7 Å². The number of anilines is 1. The smallest absolute Gasteiger partial charge is 0.271 e. The van der Waals surface area contributed by atoms with Crippen LogP contribution in [0.4, 0.5) is 5.69 Å². The molecule has 4 rings (SSSR count). The molecule has 1 aliphatic heterocycles. The third kappa shape index (κ3) is 4.10. The van der Waals surface area contributed by atoms with Crippen molar-refractivity contribution in [3.63, 3.8) is 0 Å². The number of piperidine rings is 1. The summed E-state index contributed by atoms with van der Waals surface area (Å²) in [6.45, 7) is 5.14. The number of nitrogens with one attached hydrogen (secondary N) is 2. The zero-order valence-corrected chi connectivity index (χ0v) is 17.2. The lowest BCUT2D eigenvalue weighted by Crippen LogP contribution is -2.41. The van der Waals surface area contributed by atoms with E-state index in [1.807, 2.05) is 44.2 Å². The fraction of sp³-hybridized carbons (Fsp3) is 0.304. The number of likely N-dealkylation sites (tertiary alicyclic amines) is 1. The first-order chi connectivity index (χ1) is 14.5. The van der Waals surface area contributed by atoms with Crippen LogP contribution in [0.1, 0.15) is 34.5 Å². The number of pyridine rings is 1. The Balaban J connectivity index is 1.35. The summed E-state index contributed by atoms with van der Waals surface area (Å²) in [4.78, 5) is 31.3. The Bertz CT molecular complexity index is 1050. The molecule has 3 aromatic rings. The van der Waals surface area contributed by atoms with Gasteiger partial charge in [-0.15, -0.1) is 0 Å². The van der Waals surface area contributed by atoms with Crippen LogP contribution < -0.4 is 5.32 Å². The molecule has 7 nitrogen and oxygen atoms in total. The molecule has 0 aliphatic carbocycles. The standard InChI is InChI=1S/C23H25N5O2/c1-15-4-3-5-19(16(15)2)25-22(29)18-8-12-28(13-9-18)23(30)21-14-20(26-27-21)17-6-10-24-11-7-17/h3-7,10-11,14,18H,8-9,12-13H2,1-2H3,(H,25,29)(H,26,27). The van der Waals surface area contributed by atoms with Crippen molar-refractivity contribution < 1.29 is 9.59 Å². The minimum atomic E-state index is -0.0943. The van der Waals surface area contributed by atoms with Crippen molar-refractivity contribution in [2.24, 2.45) is 5.92 Å². The van der Waals surface area contributed by atoms with Crippen molar-refractivity contribution in [2.75, 3.05) is 18.4 Å². The molecule has 0 atom stereocenters. The van der Waals surface area contributed by atoms with Crippen molar-refractivity contribution in [1.82, 2.24) is 20.1 Å². The summed E-state index contributed by atoms with van der Waals surface area (Å²) < 4.78 is 0. The van der Waals surface area contributed by atoms with Gasteiger partial charge >= 0.3 is 0 Å². The molecule has 0 unspecified atom stereocenters. The number of H-pyrrole nitrogens is 1. The summed E-state index contributed by atoms with van der Waals surface area (Å²) in [6, 6.07) is 11.4. The van der Waals surface area contributed by atoms with Gasteiger partial charge in [0.2, 0.25) is 5.91 Å². The van der Waals surface area contributed by atoms with Crippen molar-refractivity contribution >= 4 is 17.5 Å². The number of aromatic nitrogens is 3. The number of carbonyl (C=O) groups excluding carboxylic acids is 2. The second-order valence-corrected chi connectivity index (χ2v) is 7.71. The zero-order chi connectivity index (χ0) is 21.1. The van der Waals surface area contributed by atoms with Crippen molar-refractivity contribution in [3.05, 3.63) is 65.6 Å². The Hall–Kier alpha value is -3.48. The molecule has 1 fully saturated rings. The van der Waals surface area contributed by atoms with E-state index < -0.39 is 0 Å². The molecule has 1 aromatic carbocycles. The fourth-order valence-electron chi connectivity index (χ4n) is 3.74. The van der Waals surface area contributed by atoms with E-state index in [0.29, 0.717) is 37.3 Å². The predicted molar refractivity (Wildman–Crippen MR) is 115 cm³/mol. The molecule has 0 bridgehead atoms. The number of hydrogen-bond donors (Lipinski definition) is 2. The Morgan fingerprint density at radius 1 is 1.10 bits per heavy atom. The Morgan fingerprint density at radius 3 is 2.57 bits per heavy atom. The van der Waals surface area contributed by atoms with Crippen LogP contribution in [-0.4, -0.2) is 45.0 Å². The average molecular weight is 403 g/mol.